The van der Waals surface area contributed by atoms with Gasteiger partial charge in [0.1, 0.15) is 5.82 Å². The number of nitrogens with zero attached hydrogens (tertiary/aromatic N) is 1. The van der Waals surface area contributed by atoms with Gasteiger partial charge >= 0.3 is 0 Å². The highest BCUT2D eigenvalue weighted by Crippen LogP contribution is 2.26. The zero-order valence-corrected chi connectivity index (χ0v) is 12.6. The quantitative estimate of drug-likeness (QED) is 0.914. The summed E-state index contributed by atoms with van der Waals surface area (Å²) in [4.78, 5) is 4.35. The molecule has 1 aromatic carbocycles. The van der Waals surface area contributed by atoms with E-state index in [1.165, 1.54) is 0 Å². The number of hydrogen-bond acceptors (Lipinski definition) is 4. The number of pyridine rings is 1. The lowest BCUT2D eigenvalue weighted by Crippen LogP contribution is -2.17. The standard InChI is InChI=1S/C15H17N3O2S/c1-11-4-2-9-17-15(11)18-21(19,20)13-6-7-14-12(10-13)5-3-8-16-14/h2,4,6-7,9-10,16H,3,5,8H2,1H3,(H,17,18). The molecule has 5 nitrogen and oxygen atoms in total. The molecule has 110 valence electrons. The summed E-state index contributed by atoms with van der Waals surface area (Å²) in [5.41, 5.74) is 2.86. The molecule has 0 unspecified atom stereocenters. The monoisotopic (exact) mass is 303 g/mol. The van der Waals surface area contributed by atoms with Crippen molar-refractivity contribution in [3.8, 4) is 0 Å². The van der Waals surface area contributed by atoms with Crippen molar-refractivity contribution in [2.24, 2.45) is 0 Å². The van der Waals surface area contributed by atoms with Crippen molar-refractivity contribution in [2.45, 2.75) is 24.7 Å². The lowest BCUT2D eigenvalue weighted by molar-refractivity contribution is 0.600. The predicted molar refractivity (Wildman–Crippen MR) is 83.0 cm³/mol. The van der Waals surface area contributed by atoms with Crippen LogP contribution in [-0.2, 0) is 16.4 Å². The third kappa shape index (κ3) is 2.85. The van der Waals surface area contributed by atoms with Crippen LogP contribution in [-0.4, -0.2) is 19.9 Å². The number of aryl methyl sites for hydroxylation is 2. The van der Waals surface area contributed by atoms with E-state index in [-0.39, 0.29) is 4.90 Å². The Balaban J connectivity index is 1.93. The molecule has 2 N–H and O–H groups in total. The summed E-state index contributed by atoms with van der Waals surface area (Å²) in [7, 11) is -3.61. The summed E-state index contributed by atoms with van der Waals surface area (Å²) >= 11 is 0. The minimum atomic E-state index is -3.61. The first-order valence-electron chi connectivity index (χ1n) is 6.87. The van der Waals surface area contributed by atoms with E-state index in [4.69, 9.17) is 0 Å². The Morgan fingerprint density at radius 2 is 2.14 bits per heavy atom. The Morgan fingerprint density at radius 3 is 2.95 bits per heavy atom. The molecule has 0 radical (unpaired) electrons. The van der Waals surface area contributed by atoms with E-state index in [0.29, 0.717) is 5.82 Å². The minimum absolute atomic E-state index is 0.273. The first-order chi connectivity index (χ1) is 10.1. The normalized spacial score (nSPS) is 14.1. The molecule has 0 fully saturated rings. The fourth-order valence-electron chi connectivity index (χ4n) is 2.40. The maximum atomic E-state index is 12.5. The lowest BCUT2D eigenvalue weighted by Gasteiger charge is -2.19. The fourth-order valence-corrected chi connectivity index (χ4v) is 3.53. The summed E-state index contributed by atoms with van der Waals surface area (Å²) in [6.45, 7) is 2.76. The van der Waals surface area contributed by atoms with Crippen LogP contribution < -0.4 is 10.0 Å². The van der Waals surface area contributed by atoms with Gasteiger partial charge in [-0.3, -0.25) is 4.72 Å². The topological polar surface area (TPSA) is 71.1 Å². The van der Waals surface area contributed by atoms with Gasteiger partial charge in [0.05, 0.1) is 4.90 Å². The van der Waals surface area contributed by atoms with Crippen LogP contribution in [0.4, 0.5) is 11.5 Å². The van der Waals surface area contributed by atoms with Crippen molar-refractivity contribution >= 4 is 21.5 Å². The molecule has 0 atom stereocenters. The van der Waals surface area contributed by atoms with E-state index < -0.39 is 10.0 Å². The molecular weight excluding hydrogens is 286 g/mol. The summed E-state index contributed by atoms with van der Waals surface area (Å²) in [6, 6.07) is 8.79. The maximum absolute atomic E-state index is 12.5. The Bertz CT molecular complexity index is 772. The summed E-state index contributed by atoms with van der Waals surface area (Å²) in [6.07, 6.45) is 3.49. The number of nitrogens with one attached hydrogen (secondary N) is 2. The van der Waals surface area contributed by atoms with Crippen LogP contribution in [0.15, 0.2) is 41.4 Å². The van der Waals surface area contributed by atoms with Crippen molar-refractivity contribution in [3.05, 3.63) is 47.7 Å². The third-order valence-electron chi connectivity index (χ3n) is 3.57. The second-order valence-corrected chi connectivity index (χ2v) is 6.81. The number of benzene rings is 1. The number of aromatic nitrogens is 1. The fraction of sp³-hybridized carbons (Fsp3) is 0.267. The molecule has 0 saturated carbocycles. The van der Waals surface area contributed by atoms with E-state index in [9.17, 15) is 8.42 Å². The molecule has 2 aromatic rings. The van der Waals surface area contributed by atoms with Crippen LogP contribution in [0.25, 0.3) is 0 Å². The summed E-state index contributed by atoms with van der Waals surface area (Å²) in [5, 5.41) is 3.27. The molecule has 3 rings (SSSR count). The molecule has 0 aliphatic carbocycles. The van der Waals surface area contributed by atoms with Crippen LogP contribution in [0.3, 0.4) is 0 Å². The van der Waals surface area contributed by atoms with Gasteiger partial charge in [-0.15, -0.1) is 0 Å². The molecule has 0 amide bonds. The smallest absolute Gasteiger partial charge is 0.263 e. The van der Waals surface area contributed by atoms with Crippen molar-refractivity contribution in [1.29, 1.82) is 0 Å². The number of rotatable bonds is 3. The van der Waals surface area contributed by atoms with Gasteiger partial charge in [0.2, 0.25) is 0 Å². The lowest BCUT2D eigenvalue weighted by atomic mass is 10.0. The van der Waals surface area contributed by atoms with E-state index in [1.807, 2.05) is 19.1 Å². The second kappa shape index (κ2) is 5.37. The highest BCUT2D eigenvalue weighted by molar-refractivity contribution is 7.92. The maximum Gasteiger partial charge on any atom is 0.263 e. The summed E-state index contributed by atoms with van der Waals surface area (Å²) < 4.78 is 27.5. The van der Waals surface area contributed by atoms with Gasteiger partial charge in [-0.1, -0.05) is 6.07 Å². The van der Waals surface area contributed by atoms with Gasteiger partial charge in [-0.2, -0.15) is 0 Å². The Hall–Kier alpha value is -2.08. The van der Waals surface area contributed by atoms with E-state index in [2.05, 4.69) is 15.0 Å². The average molecular weight is 303 g/mol. The van der Waals surface area contributed by atoms with Gasteiger partial charge in [0.15, 0.2) is 0 Å². The van der Waals surface area contributed by atoms with Gasteiger partial charge in [0.25, 0.3) is 10.0 Å². The molecule has 21 heavy (non-hydrogen) atoms. The number of anilines is 2. The molecule has 1 aliphatic heterocycles. The highest BCUT2D eigenvalue weighted by atomic mass is 32.2. The van der Waals surface area contributed by atoms with Crippen molar-refractivity contribution < 1.29 is 8.42 Å². The molecule has 0 bridgehead atoms. The van der Waals surface area contributed by atoms with Gasteiger partial charge in [-0.05, 0) is 55.2 Å². The molecule has 0 spiro atoms. The second-order valence-electron chi connectivity index (χ2n) is 5.12. The first-order valence-corrected chi connectivity index (χ1v) is 8.36. The van der Waals surface area contributed by atoms with Crippen LogP contribution in [0.2, 0.25) is 0 Å². The Kier molecular flexibility index (Phi) is 3.55. The zero-order valence-electron chi connectivity index (χ0n) is 11.8. The average Bonchev–Trinajstić information content (AvgIpc) is 2.49. The molecule has 6 heteroatoms. The molecule has 1 aliphatic rings. The molecular formula is C15H17N3O2S. The van der Waals surface area contributed by atoms with Crippen LogP contribution >= 0.6 is 0 Å². The van der Waals surface area contributed by atoms with E-state index >= 15 is 0 Å². The Morgan fingerprint density at radius 1 is 1.29 bits per heavy atom. The number of fused-ring (bicyclic) bond motifs is 1. The highest BCUT2D eigenvalue weighted by Gasteiger charge is 2.18. The Labute approximate surface area is 124 Å². The van der Waals surface area contributed by atoms with E-state index in [1.54, 1.807) is 24.4 Å². The van der Waals surface area contributed by atoms with Gasteiger partial charge in [0, 0.05) is 18.4 Å². The number of hydrogen-bond donors (Lipinski definition) is 2. The predicted octanol–water partition coefficient (Wildman–Crippen LogP) is 2.55. The minimum Gasteiger partial charge on any atom is -0.385 e. The van der Waals surface area contributed by atoms with Crippen LogP contribution in [0, 0.1) is 6.92 Å². The third-order valence-corrected chi connectivity index (χ3v) is 4.90. The van der Waals surface area contributed by atoms with Gasteiger partial charge in [-0.25, -0.2) is 13.4 Å². The molecule has 1 aromatic heterocycles. The molecule has 0 saturated heterocycles. The number of sulfonamides is 1. The van der Waals surface area contributed by atoms with Crippen LogP contribution in [0.1, 0.15) is 17.5 Å². The van der Waals surface area contributed by atoms with Gasteiger partial charge < -0.3 is 5.32 Å². The van der Waals surface area contributed by atoms with Crippen molar-refractivity contribution in [3.63, 3.8) is 0 Å². The zero-order chi connectivity index (χ0) is 14.9. The molecule has 2 heterocycles. The first kappa shape index (κ1) is 13.9. The SMILES string of the molecule is Cc1cccnc1NS(=O)(=O)c1ccc2c(c1)CCCN2. The largest absolute Gasteiger partial charge is 0.385 e. The summed E-state index contributed by atoms with van der Waals surface area (Å²) in [5.74, 6) is 0.369. The van der Waals surface area contributed by atoms with Crippen LogP contribution in [0.5, 0.6) is 0 Å². The van der Waals surface area contributed by atoms with Crippen molar-refractivity contribution in [1.82, 2.24) is 4.98 Å². The van der Waals surface area contributed by atoms with E-state index in [0.717, 1.165) is 36.2 Å². The van der Waals surface area contributed by atoms with Crippen molar-refractivity contribution in [2.75, 3.05) is 16.6 Å².